The molecule has 0 radical (unpaired) electrons. The van der Waals surface area contributed by atoms with Crippen LogP contribution in [0.4, 0.5) is 0 Å². The molecule has 33 heavy (non-hydrogen) atoms. The van der Waals surface area contributed by atoms with Crippen LogP contribution in [0.25, 0.3) is 22.0 Å². The standard InChI is InChI=1S/C28H24N2O3/c1-33-23-13-11-22(12-14-23)30-19-26(24-9-5-6-10-25(24)28(30)32)27(31)29-17-15-21(16-18-29)20-7-3-2-4-8-20/h2-15,19H,16-18H2,1H3. The minimum Gasteiger partial charge on any atom is -0.497 e. The van der Waals surface area contributed by atoms with Gasteiger partial charge in [-0.1, -0.05) is 54.6 Å². The number of rotatable bonds is 4. The fourth-order valence-corrected chi connectivity index (χ4v) is 4.33. The highest BCUT2D eigenvalue weighted by atomic mass is 16.5. The van der Waals surface area contributed by atoms with E-state index in [0.717, 1.165) is 6.42 Å². The molecule has 0 N–H and O–H groups in total. The van der Waals surface area contributed by atoms with Gasteiger partial charge in [-0.05, 0) is 47.9 Å². The van der Waals surface area contributed by atoms with E-state index in [9.17, 15) is 9.59 Å². The maximum atomic E-state index is 13.6. The third-order valence-corrected chi connectivity index (χ3v) is 6.15. The summed E-state index contributed by atoms with van der Waals surface area (Å²) in [5.74, 6) is 0.634. The van der Waals surface area contributed by atoms with E-state index >= 15 is 0 Å². The monoisotopic (exact) mass is 436 g/mol. The number of hydrogen-bond acceptors (Lipinski definition) is 3. The van der Waals surface area contributed by atoms with Crippen molar-refractivity contribution in [2.24, 2.45) is 0 Å². The molecule has 0 unspecified atom stereocenters. The molecule has 1 aliphatic rings. The normalized spacial score (nSPS) is 13.6. The fraction of sp³-hybridized carbons (Fsp3) is 0.143. The number of benzene rings is 3. The van der Waals surface area contributed by atoms with Crippen LogP contribution in [0.3, 0.4) is 0 Å². The summed E-state index contributed by atoms with van der Waals surface area (Å²) in [5, 5.41) is 1.20. The summed E-state index contributed by atoms with van der Waals surface area (Å²) in [7, 11) is 1.60. The number of carbonyl (C=O) groups is 1. The SMILES string of the molecule is COc1ccc(-n2cc(C(=O)N3CC=C(c4ccccc4)CC3)c3ccccc3c2=O)cc1. The number of hydrogen-bond donors (Lipinski definition) is 0. The molecular weight excluding hydrogens is 412 g/mol. The van der Waals surface area contributed by atoms with Crippen LogP contribution in [-0.2, 0) is 0 Å². The molecule has 2 heterocycles. The molecule has 5 rings (SSSR count). The van der Waals surface area contributed by atoms with Crippen molar-refractivity contribution in [3.8, 4) is 11.4 Å². The van der Waals surface area contributed by atoms with E-state index < -0.39 is 0 Å². The lowest BCUT2D eigenvalue weighted by atomic mass is 9.98. The van der Waals surface area contributed by atoms with Gasteiger partial charge in [-0.2, -0.15) is 0 Å². The number of aromatic nitrogens is 1. The van der Waals surface area contributed by atoms with Gasteiger partial charge in [0.15, 0.2) is 0 Å². The Morgan fingerprint density at radius 1 is 0.879 bits per heavy atom. The maximum Gasteiger partial charge on any atom is 0.262 e. The Labute approximate surface area is 192 Å². The second kappa shape index (κ2) is 8.79. The van der Waals surface area contributed by atoms with Crippen LogP contribution in [0.5, 0.6) is 5.75 Å². The van der Waals surface area contributed by atoms with Gasteiger partial charge in [-0.15, -0.1) is 0 Å². The van der Waals surface area contributed by atoms with Gasteiger partial charge in [-0.3, -0.25) is 14.2 Å². The van der Waals surface area contributed by atoms with E-state index in [1.807, 2.05) is 53.4 Å². The van der Waals surface area contributed by atoms with Gasteiger partial charge in [0.2, 0.25) is 0 Å². The molecule has 3 aromatic carbocycles. The quantitative estimate of drug-likeness (QED) is 0.456. The molecule has 1 aromatic heterocycles. The van der Waals surface area contributed by atoms with Gasteiger partial charge in [0.05, 0.1) is 12.7 Å². The Kier molecular flexibility index (Phi) is 5.53. The Bertz CT molecular complexity index is 1400. The van der Waals surface area contributed by atoms with E-state index in [4.69, 9.17) is 4.74 Å². The lowest BCUT2D eigenvalue weighted by Gasteiger charge is -2.27. The van der Waals surface area contributed by atoms with Gasteiger partial charge in [0, 0.05) is 35.7 Å². The zero-order valence-corrected chi connectivity index (χ0v) is 18.4. The first kappa shape index (κ1) is 20.8. The summed E-state index contributed by atoms with van der Waals surface area (Å²) >= 11 is 0. The van der Waals surface area contributed by atoms with E-state index in [1.165, 1.54) is 11.1 Å². The zero-order chi connectivity index (χ0) is 22.8. The highest BCUT2D eigenvalue weighted by molar-refractivity contribution is 6.06. The highest BCUT2D eigenvalue weighted by Gasteiger charge is 2.23. The van der Waals surface area contributed by atoms with Crippen molar-refractivity contribution in [2.75, 3.05) is 20.2 Å². The topological polar surface area (TPSA) is 51.5 Å². The van der Waals surface area contributed by atoms with Crippen molar-refractivity contribution < 1.29 is 9.53 Å². The van der Waals surface area contributed by atoms with E-state index in [2.05, 4.69) is 18.2 Å². The number of fused-ring (bicyclic) bond motifs is 1. The lowest BCUT2D eigenvalue weighted by molar-refractivity contribution is 0.0774. The first-order valence-corrected chi connectivity index (χ1v) is 11.0. The average Bonchev–Trinajstić information content (AvgIpc) is 2.89. The van der Waals surface area contributed by atoms with Crippen LogP contribution in [0, 0.1) is 0 Å². The van der Waals surface area contributed by atoms with E-state index in [1.54, 1.807) is 36.1 Å². The molecule has 1 aliphatic heterocycles. The number of pyridine rings is 1. The molecule has 5 nitrogen and oxygen atoms in total. The van der Waals surface area contributed by atoms with Crippen molar-refractivity contribution in [1.29, 1.82) is 0 Å². The summed E-state index contributed by atoms with van der Waals surface area (Å²) in [5.41, 5.74) is 3.51. The summed E-state index contributed by atoms with van der Waals surface area (Å²) in [6.45, 7) is 1.18. The molecule has 0 saturated heterocycles. The van der Waals surface area contributed by atoms with E-state index in [-0.39, 0.29) is 11.5 Å². The molecule has 0 bridgehead atoms. The van der Waals surface area contributed by atoms with Crippen molar-refractivity contribution in [1.82, 2.24) is 9.47 Å². The second-order valence-corrected chi connectivity index (χ2v) is 8.06. The predicted octanol–water partition coefficient (Wildman–Crippen LogP) is 4.93. The summed E-state index contributed by atoms with van der Waals surface area (Å²) in [4.78, 5) is 28.7. The molecular formula is C28H24N2O3. The zero-order valence-electron chi connectivity index (χ0n) is 18.4. The van der Waals surface area contributed by atoms with Crippen LogP contribution < -0.4 is 10.3 Å². The maximum absolute atomic E-state index is 13.6. The molecule has 0 spiro atoms. The van der Waals surface area contributed by atoms with Crippen molar-refractivity contribution >= 4 is 22.3 Å². The minimum absolute atomic E-state index is 0.0724. The largest absolute Gasteiger partial charge is 0.497 e. The van der Waals surface area contributed by atoms with Crippen LogP contribution in [0.1, 0.15) is 22.3 Å². The Hall–Kier alpha value is -4.12. The predicted molar refractivity (Wildman–Crippen MR) is 131 cm³/mol. The number of ether oxygens (including phenoxy) is 1. The first-order valence-electron chi connectivity index (χ1n) is 11.0. The van der Waals surface area contributed by atoms with Gasteiger partial charge in [0.1, 0.15) is 5.75 Å². The van der Waals surface area contributed by atoms with Crippen LogP contribution >= 0.6 is 0 Å². The Morgan fingerprint density at radius 2 is 1.58 bits per heavy atom. The Morgan fingerprint density at radius 3 is 2.24 bits per heavy atom. The number of nitrogens with zero attached hydrogens (tertiary/aromatic N) is 2. The number of amides is 1. The molecule has 5 heteroatoms. The lowest BCUT2D eigenvalue weighted by Crippen LogP contribution is -2.35. The number of carbonyl (C=O) groups excluding carboxylic acids is 1. The minimum atomic E-state index is -0.155. The van der Waals surface area contributed by atoms with E-state index in [0.29, 0.717) is 40.9 Å². The smallest absolute Gasteiger partial charge is 0.262 e. The van der Waals surface area contributed by atoms with Crippen molar-refractivity contribution in [2.45, 2.75) is 6.42 Å². The molecule has 0 aliphatic carbocycles. The van der Waals surface area contributed by atoms with Crippen LogP contribution in [0.2, 0.25) is 0 Å². The average molecular weight is 437 g/mol. The molecule has 4 aromatic rings. The highest BCUT2D eigenvalue weighted by Crippen LogP contribution is 2.25. The summed E-state index contributed by atoms with van der Waals surface area (Å²) in [6, 6.07) is 24.8. The molecule has 1 amide bonds. The van der Waals surface area contributed by atoms with Crippen LogP contribution in [-0.4, -0.2) is 35.6 Å². The van der Waals surface area contributed by atoms with Gasteiger partial charge in [-0.25, -0.2) is 0 Å². The molecule has 0 atom stereocenters. The summed E-state index contributed by atoms with van der Waals surface area (Å²) in [6.07, 6.45) is 4.59. The molecule has 0 fully saturated rings. The van der Waals surface area contributed by atoms with Crippen molar-refractivity contribution in [3.05, 3.63) is 113 Å². The first-order chi connectivity index (χ1) is 16.2. The summed E-state index contributed by atoms with van der Waals surface area (Å²) < 4.78 is 6.78. The third-order valence-electron chi connectivity index (χ3n) is 6.15. The van der Waals surface area contributed by atoms with Gasteiger partial charge in [0.25, 0.3) is 11.5 Å². The van der Waals surface area contributed by atoms with Crippen molar-refractivity contribution in [3.63, 3.8) is 0 Å². The van der Waals surface area contributed by atoms with Gasteiger partial charge >= 0.3 is 0 Å². The Balaban J connectivity index is 1.53. The molecule has 164 valence electrons. The molecule has 0 saturated carbocycles. The van der Waals surface area contributed by atoms with Gasteiger partial charge < -0.3 is 9.64 Å². The second-order valence-electron chi connectivity index (χ2n) is 8.06. The van der Waals surface area contributed by atoms with Crippen LogP contribution in [0.15, 0.2) is 95.9 Å². The third kappa shape index (κ3) is 3.94. The fourth-order valence-electron chi connectivity index (χ4n) is 4.33. The number of methoxy groups -OCH3 is 1.